The molecule has 0 spiro atoms. The molecule has 4 rings (SSSR count). The molecule has 0 radical (unpaired) electrons. The van der Waals surface area contributed by atoms with Crippen LogP contribution in [-0.2, 0) is 17.6 Å². The minimum Gasteiger partial charge on any atom is -0.461 e. The summed E-state index contributed by atoms with van der Waals surface area (Å²) in [6.07, 6.45) is 9.54. The maximum atomic E-state index is 12.5. The van der Waals surface area contributed by atoms with Gasteiger partial charge >= 0.3 is 0 Å². The van der Waals surface area contributed by atoms with Gasteiger partial charge in [-0.15, -0.1) is 0 Å². The van der Waals surface area contributed by atoms with Gasteiger partial charge in [0.2, 0.25) is 0 Å². The van der Waals surface area contributed by atoms with Crippen molar-refractivity contribution < 1.29 is 9.21 Å². The Morgan fingerprint density at radius 2 is 2.23 bits per heavy atom. The minimum absolute atomic E-state index is 0.163. The Kier molecular flexibility index (Phi) is 3.70. The number of rotatable bonds is 4. The molecule has 22 heavy (non-hydrogen) atoms. The Hall–Kier alpha value is -1.68. The smallest absolute Gasteiger partial charge is 0.137 e. The van der Waals surface area contributed by atoms with Gasteiger partial charge < -0.3 is 9.32 Å². The van der Waals surface area contributed by atoms with Crippen molar-refractivity contribution in [2.75, 3.05) is 19.6 Å². The van der Waals surface area contributed by atoms with Crippen molar-refractivity contribution in [3.63, 3.8) is 0 Å². The molecule has 1 aliphatic heterocycles. The van der Waals surface area contributed by atoms with Gasteiger partial charge in [0.05, 0.1) is 0 Å². The van der Waals surface area contributed by atoms with Gasteiger partial charge in [0.1, 0.15) is 17.1 Å². The van der Waals surface area contributed by atoms with Gasteiger partial charge in [-0.3, -0.25) is 9.78 Å². The summed E-state index contributed by atoms with van der Waals surface area (Å²) in [6.45, 7) is 3.27. The lowest BCUT2D eigenvalue weighted by Crippen LogP contribution is -2.27. The molecule has 4 heteroatoms. The normalized spacial score (nSPS) is 22.1. The van der Waals surface area contributed by atoms with Crippen molar-refractivity contribution in [2.24, 2.45) is 5.92 Å². The summed E-state index contributed by atoms with van der Waals surface area (Å²) in [5, 5.41) is 1.09. The Morgan fingerprint density at radius 1 is 1.36 bits per heavy atom. The highest BCUT2D eigenvalue weighted by atomic mass is 16.3. The van der Waals surface area contributed by atoms with Crippen molar-refractivity contribution in [1.82, 2.24) is 9.88 Å². The van der Waals surface area contributed by atoms with E-state index < -0.39 is 0 Å². The van der Waals surface area contributed by atoms with E-state index in [9.17, 15) is 4.79 Å². The number of hydrogen-bond donors (Lipinski definition) is 0. The molecule has 1 atom stereocenters. The molecular weight excluding hydrogens is 276 g/mol. The van der Waals surface area contributed by atoms with Gasteiger partial charge in [-0.25, -0.2) is 0 Å². The van der Waals surface area contributed by atoms with E-state index in [4.69, 9.17) is 4.42 Å². The zero-order valence-electron chi connectivity index (χ0n) is 12.9. The zero-order chi connectivity index (χ0) is 14.9. The molecule has 116 valence electrons. The number of aryl methyl sites for hydroxylation is 1. The van der Waals surface area contributed by atoms with Crippen molar-refractivity contribution in [3.8, 4) is 0 Å². The highest BCUT2D eigenvalue weighted by molar-refractivity contribution is 5.85. The molecule has 0 amide bonds. The van der Waals surface area contributed by atoms with Gasteiger partial charge in [0.25, 0.3) is 0 Å². The van der Waals surface area contributed by atoms with Crippen LogP contribution < -0.4 is 0 Å². The Labute approximate surface area is 130 Å². The first-order valence-electron chi connectivity index (χ1n) is 8.40. The van der Waals surface area contributed by atoms with E-state index in [1.165, 1.54) is 31.5 Å². The Morgan fingerprint density at radius 3 is 3.09 bits per heavy atom. The molecule has 1 aliphatic carbocycles. The molecule has 2 aromatic heterocycles. The number of ketones is 1. The number of nitrogens with zero attached hydrogens (tertiary/aromatic N) is 2. The summed E-state index contributed by atoms with van der Waals surface area (Å²) < 4.78 is 5.90. The predicted molar refractivity (Wildman–Crippen MR) is 84.8 cm³/mol. The second-order valence-corrected chi connectivity index (χ2v) is 6.58. The molecule has 3 heterocycles. The van der Waals surface area contributed by atoms with Crippen LogP contribution >= 0.6 is 0 Å². The number of pyridine rings is 1. The molecule has 0 aromatic carbocycles. The fraction of sp³-hybridized carbons (Fsp3) is 0.556. The average molecular weight is 298 g/mol. The van der Waals surface area contributed by atoms with Gasteiger partial charge in [0, 0.05) is 48.6 Å². The van der Waals surface area contributed by atoms with Crippen molar-refractivity contribution >= 4 is 16.8 Å². The summed E-state index contributed by atoms with van der Waals surface area (Å²) >= 11 is 0. The third kappa shape index (κ3) is 2.56. The molecule has 1 saturated heterocycles. The number of furan rings is 1. The molecule has 1 fully saturated rings. The first-order valence-corrected chi connectivity index (χ1v) is 8.40. The molecule has 4 nitrogen and oxygen atoms in total. The van der Waals surface area contributed by atoms with E-state index in [1.54, 1.807) is 6.20 Å². The monoisotopic (exact) mass is 298 g/mol. The summed E-state index contributed by atoms with van der Waals surface area (Å²) in [6, 6.07) is 1.91. The van der Waals surface area contributed by atoms with Crippen LogP contribution in [0.3, 0.4) is 0 Å². The van der Waals surface area contributed by atoms with Crippen molar-refractivity contribution in [3.05, 3.63) is 29.8 Å². The van der Waals surface area contributed by atoms with Crippen LogP contribution in [0.4, 0.5) is 0 Å². The van der Waals surface area contributed by atoms with E-state index in [0.29, 0.717) is 12.2 Å². The van der Waals surface area contributed by atoms with Gasteiger partial charge in [-0.1, -0.05) is 0 Å². The number of carbonyl (C=O) groups is 1. The average Bonchev–Trinajstić information content (AvgIpc) is 3.19. The number of hydrogen-bond acceptors (Lipinski definition) is 4. The third-order valence-electron chi connectivity index (χ3n) is 5.17. The van der Waals surface area contributed by atoms with Crippen LogP contribution in [0.5, 0.6) is 0 Å². The quantitative estimate of drug-likeness (QED) is 0.870. The van der Waals surface area contributed by atoms with Crippen molar-refractivity contribution in [2.45, 2.75) is 38.5 Å². The molecule has 2 aliphatic rings. The number of likely N-dealkylation sites (tertiary alicyclic amines) is 1. The van der Waals surface area contributed by atoms with Crippen LogP contribution in [0.1, 0.15) is 37.0 Å². The highest BCUT2D eigenvalue weighted by Gasteiger charge is 2.28. The first-order chi connectivity index (χ1) is 10.8. The molecule has 0 saturated carbocycles. The maximum absolute atomic E-state index is 12.5. The number of Topliss-reactive ketones (excluding diaryl/α,β-unsaturated/α-hetero) is 1. The van der Waals surface area contributed by atoms with Gasteiger partial charge in [0.15, 0.2) is 0 Å². The van der Waals surface area contributed by atoms with E-state index >= 15 is 0 Å². The first kappa shape index (κ1) is 13.9. The van der Waals surface area contributed by atoms with Gasteiger partial charge in [-0.05, 0) is 44.8 Å². The second kappa shape index (κ2) is 5.84. The van der Waals surface area contributed by atoms with Gasteiger partial charge in [-0.2, -0.15) is 0 Å². The standard InChI is InChI=1S/C18H22N2O2/c21-16(6-10-20-8-1-2-9-20)13-3-4-17-14(11-13)15-12-19-7-5-18(15)22-17/h5,7,12-13H,1-4,6,8-11H2. The molecular formula is C18H22N2O2. The van der Waals surface area contributed by atoms with Crippen LogP contribution in [-0.4, -0.2) is 35.3 Å². The number of carbonyl (C=O) groups excluding carboxylic acids is 1. The lowest BCUT2D eigenvalue weighted by Gasteiger charge is -2.21. The van der Waals surface area contributed by atoms with E-state index in [0.717, 1.165) is 42.5 Å². The highest BCUT2D eigenvalue weighted by Crippen LogP contribution is 2.34. The molecule has 0 N–H and O–H groups in total. The number of fused-ring (bicyclic) bond motifs is 3. The second-order valence-electron chi connectivity index (χ2n) is 6.58. The van der Waals surface area contributed by atoms with Crippen LogP contribution in [0, 0.1) is 5.92 Å². The summed E-state index contributed by atoms with van der Waals surface area (Å²) in [7, 11) is 0. The van der Waals surface area contributed by atoms with Crippen molar-refractivity contribution in [1.29, 1.82) is 0 Å². The molecule has 2 aromatic rings. The van der Waals surface area contributed by atoms with Crippen LogP contribution in [0.25, 0.3) is 11.0 Å². The van der Waals surface area contributed by atoms with E-state index in [-0.39, 0.29) is 5.92 Å². The largest absolute Gasteiger partial charge is 0.461 e. The number of aromatic nitrogens is 1. The van der Waals surface area contributed by atoms with Crippen LogP contribution in [0.15, 0.2) is 22.9 Å². The fourth-order valence-corrected chi connectivity index (χ4v) is 3.87. The lowest BCUT2D eigenvalue weighted by molar-refractivity contribution is -0.123. The maximum Gasteiger partial charge on any atom is 0.137 e. The summed E-state index contributed by atoms with van der Waals surface area (Å²) in [5.41, 5.74) is 2.12. The lowest BCUT2D eigenvalue weighted by atomic mass is 9.83. The van der Waals surface area contributed by atoms with Crippen LogP contribution in [0.2, 0.25) is 0 Å². The van der Waals surface area contributed by atoms with E-state index in [1.807, 2.05) is 12.3 Å². The molecule has 0 bridgehead atoms. The topological polar surface area (TPSA) is 46.3 Å². The fourth-order valence-electron chi connectivity index (χ4n) is 3.87. The molecule has 1 unspecified atom stereocenters. The Balaban J connectivity index is 1.45. The minimum atomic E-state index is 0.163. The SMILES string of the molecule is O=C(CCN1CCCC1)C1CCc2oc3ccncc3c2C1. The Bertz CT molecular complexity index is 685. The zero-order valence-corrected chi connectivity index (χ0v) is 12.9. The predicted octanol–water partition coefficient (Wildman–Crippen LogP) is 2.99. The summed E-state index contributed by atoms with van der Waals surface area (Å²) in [4.78, 5) is 19.2. The summed E-state index contributed by atoms with van der Waals surface area (Å²) in [5.74, 6) is 1.65. The third-order valence-corrected chi connectivity index (χ3v) is 5.17. The van der Waals surface area contributed by atoms with E-state index in [2.05, 4.69) is 9.88 Å².